The Hall–Kier alpha value is -4.32. The number of tetrazole rings is 1. The Morgan fingerprint density at radius 3 is 2.42 bits per heavy atom. The van der Waals surface area contributed by atoms with E-state index >= 15 is 0 Å². The number of nitrogens with one attached hydrogen (secondary N) is 1. The van der Waals surface area contributed by atoms with Crippen molar-refractivity contribution in [2.45, 2.75) is 19.9 Å². The Morgan fingerprint density at radius 2 is 1.67 bits per heavy atom. The lowest BCUT2D eigenvalue weighted by Crippen LogP contribution is -2.26. The summed E-state index contributed by atoms with van der Waals surface area (Å²) in [6.07, 6.45) is 1.52. The molecule has 0 unspecified atom stereocenters. The Balaban J connectivity index is 1.47. The lowest BCUT2D eigenvalue weighted by atomic mass is 9.99. The second-order valence-electron chi connectivity index (χ2n) is 8.19. The third-order valence-electron chi connectivity index (χ3n) is 5.80. The first-order valence-electron chi connectivity index (χ1n) is 10.8. The topological polar surface area (TPSA) is 72.7 Å². The van der Waals surface area contributed by atoms with Gasteiger partial charge in [0.1, 0.15) is 6.33 Å². The predicted octanol–water partition coefficient (Wildman–Crippen LogP) is 5.28. The molecule has 33 heavy (non-hydrogen) atoms. The maximum absolute atomic E-state index is 13.3. The predicted molar refractivity (Wildman–Crippen MR) is 129 cm³/mol. The highest BCUT2D eigenvalue weighted by Gasteiger charge is 2.15. The minimum atomic E-state index is -0.154. The molecule has 5 rings (SSSR count). The third kappa shape index (κ3) is 4.36. The third-order valence-corrected chi connectivity index (χ3v) is 5.80. The van der Waals surface area contributed by atoms with E-state index in [0.717, 1.165) is 27.8 Å². The smallest absolute Gasteiger partial charge is 0.251 e. The Kier molecular flexibility index (Phi) is 5.40. The maximum atomic E-state index is 13.3. The number of hydrogen-bond acceptors (Lipinski definition) is 4. The number of nitrogens with zero attached hydrogens (tertiary/aromatic N) is 4. The van der Waals surface area contributed by atoms with Crippen molar-refractivity contribution in [2.24, 2.45) is 0 Å². The van der Waals surface area contributed by atoms with Crippen molar-refractivity contribution in [3.8, 4) is 16.8 Å². The molecule has 5 aromatic rings. The quantitative estimate of drug-likeness (QED) is 0.409. The van der Waals surface area contributed by atoms with Crippen LogP contribution in [0.25, 0.3) is 27.6 Å². The molecule has 6 heteroatoms. The number of aryl methyl sites for hydroxylation is 1. The summed E-state index contributed by atoms with van der Waals surface area (Å²) in [5.74, 6) is -0.154. The van der Waals surface area contributed by atoms with Crippen molar-refractivity contribution in [2.75, 3.05) is 0 Å². The molecule has 0 saturated heterocycles. The molecule has 1 aromatic heterocycles. The molecule has 162 valence electrons. The van der Waals surface area contributed by atoms with E-state index in [9.17, 15) is 4.79 Å². The first kappa shape index (κ1) is 20.6. The van der Waals surface area contributed by atoms with E-state index in [1.54, 1.807) is 10.7 Å². The number of aromatic nitrogens is 4. The van der Waals surface area contributed by atoms with Crippen LogP contribution in [-0.4, -0.2) is 26.1 Å². The van der Waals surface area contributed by atoms with Crippen molar-refractivity contribution in [1.29, 1.82) is 0 Å². The van der Waals surface area contributed by atoms with Gasteiger partial charge in [-0.05, 0) is 76.0 Å². The van der Waals surface area contributed by atoms with Crippen molar-refractivity contribution in [3.63, 3.8) is 0 Å². The maximum Gasteiger partial charge on any atom is 0.251 e. The minimum absolute atomic E-state index is 0.151. The molecule has 0 aliphatic rings. The van der Waals surface area contributed by atoms with Crippen molar-refractivity contribution >= 4 is 16.7 Å². The van der Waals surface area contributed by atoms with Crippen LogP contribution in [0.2, 0.25) is 0 Å². The number of rotatable bonds is 5. The lowest BCUT2D eigenvalue weighted by molar-refractivity contribution is 0.0940. The molecule has 0 bridgehead atoms. The van der Waals surface area contributed by atoms with Gasteiger partial charge in [-0.25, -0.2) is 4.68 Å². The van der Waals surface area contributed by atoms with Crippen LogP contribution in [-0.2, 0) is 0 Å². The van der Waals surface area contributed by atoms with Crippen LogP contribution >= 0.6 is 0 Å². The van der Waals surface area contributed by atoms with Gasteiger partial charge in [-0.2, -0.15) is 0 Å². The Labute approximate surface area is 191 Å². The summed E-state index contributed by atoms with van der Waals surface area (Å²) in [4.78, 5) is 13.3. The van der Waals surface area contributed by atoms with Crippen LogP contribution in [0.1, 0.15) is 34.5 Å². The second-order valence-corrected chi connectivity index (χ2v) is 8.19. The zero-order chi connectivity index (χ0) is 22.8. The molecule has 1 heterocycles. The van der Waals surface area contributed by atoms with Gasteiger partial charge in [-0.3, -0.25) is 4.79 Å². The van der Waals surface area contributed by atoms with Crippen LogP contribution in [0, 0.1) is 6.92 Å². The molecule has 0 spiro atoms. The van der Waals surface area contributed by atoms with Gasteiger partial charge in [0.25, 0.3) is 5.91 Å². The van der Waals surface area contributed by atoms with E-state index in [-0.39, 0.29) is 11.9 Å². The zero-order valence-corrected chi connectivity index (χ0v) is 18.4. The van der Waals surface area contributed by atoms with Crippen molar-refractivity contribution < 1.29 is 4.79 Å². The van der Waals surface area contributed by atoms with Crippen molar-refractivity contribution in [3.05, 3.63) is 108 Å². The fourth-order valence-electron chi connectivity index (χ4n) is 3.91. The fourth-order valence-corrected chi connectivity index (χ4v) is 3.91. The first-order chi connectivity index (χ1) is 16.1. The molecule has 0 fully saturated rings. The average molecular weight is 434 g/mol. The molecule has 4 aromatic carbocycles. The van der Waals surface area contributed by atoms with E-state index in [1.165, 1.54) is 17.3 Å². The standard InChI is InChI=1S/C27H23N5O/c1-18-7-9-21(10-8-18)24-14-25(16-26(15-24)32-17-28-30-31-32)27(33)29-19(2)22-12-11-20-5-3-4-6-23(20)13-22/h3-17,19H,1-2H3,(H,29,33)/t19-/m1/s1. The zero-order valence-electron chi connectivity index (χ0n) is 18.4. The van der Waals surface area contributed by atoms with Gasteiger partial charge in [0.2, 0.25) is 0 Å². The normalized spacial score (nSPS) is 11.9. The first-order valence-corrected chi connectivity index (χ1v) is 10.8. The van der Waals surface area contributed by atoms with Gasteiger partial charge in [0.15, 0.2) is 0 Å². The van der Waals surface area contributed by atoms with Crippen LogP contribution in [0.3, 0.4) is 0 Å². The van der Waals surface area contributed by atoms with E-state index in [2.05, 4.69) is 63.3 Å². The summed E-state index contributed by atoms with van der Waals surface area (Å²) in [5.41, 5.74) is 5.45. The molecule has 0 aliphatic carbocycles. The SMILES string of the molecule is Cc1ccc(-c2cc(C(=O)N[C@H](C)c3ccc4ccccc4c3)cc(-n3cnnn3)c2)cc1. The molecule has 0 radical (unpaired) electrons. The number of amides is 1. The highest BCUT2D eigenvalue weighted by atomic mass is 16.1. The number of hydrogen-bond donors (Lipinski definition) is 1. The van der Waals surface area contributed by atoms with E-state index in [0.29, 0.717) is 5.56 Å². The van der Waals surface area contributed by atoms with E-state index in [4.69, 9.17) is 0 Å². The summed E-state index contributed by atoms with van der Waals surface area (Å²) >= 11 is 0. The van der Waals surface area contributed by atoms with E-state index < -0.39 is 0 Å². The van der Waals surface area contributed by atoms with E-state index in [1.807, 2.05) is 50.2 Å². The summed E-state index contributed by atoms with van der Waals surface area (Å²) in [5, 5.41) is 16.9. The summed E-state index contributed by atoms with van der Waals surface area (Å²) in [6.45, 7) is 4.04. The molecule has 0 aliphatic heterocycles. The van der Waals surface area contributed by atoms with Crippen LogP contribution in [0.15, 0.2) is 91.3 Å². The van der Waals surface area contributed by atoms with Gasteiger partial charge in [0.05, 0.1) is 11.7 Å². The van der Waals surface area contributed by atoms with Gasteiger partial charge >= 0.3 is 0 Å². The molecular weight excluding hydrogens is 410 g/mol. The molecule has 0 saturated carbocycles. The minimum Gasteiger partial charge on any atom is -0.346 e. The van der Waals surface area contributed by atoms with Gasteiger partial charge in [0, 0.05) is 5.56 Å². The summed E-state index contributed by atoms with van der Waals surface area (Å²) in [6, 6.07) is 28.2. The highest BCUT2D eigenvalue weighted by molar-refractivity contribution is 5.96. The molecule has 1 N–H and O–H groups in total. The number of carbonyl (C=O) groups excluding carboxylic acids is 1. The monoisotopic (exact) mass is 433 g/mol. The largest absolute Gasteiger partial charge is 0.346 e. The number of fused-ring (bicyclic) bond motifs is 1. The molecule has 1 atom stereocenters. The summed E-state index contributed by atoms with van der Waals surface area (Å²) in [7, 11) is 0. The number of benzene rings is 4. The molecular formula is C27H23N5O. The molecule has 1 amide bonds. The van der Waals surface area contributed by atoms with Gasteiger partial charge < -0.3 is 5.32 Å². The average Bonchev–Trinajstić information content (AvgIpc) is 3.39. The van der Waals surface area contributed by atoms with Gasteiger partial charge in [-0.15, -0.1) is 5.10 Å². The second kappa shape index (κ2) is 8.67. The fraction of sp³-hybridized carbons (Fsp3) is 0.111. The molecule has 6 nitrogen and oxygen atoms in total. The van der Waals surface area contributed by atoms with Crippen LogP contribution in [0.5, 0.6) is 0 Å². The summed E-state index contributed by atoms with van der Waals surface area (Å²) < 4.78 is 1.56. The van der Waals surface area contributed by atoms with Crippen LogP contribution in [0.4, 0.5) is 0 Å². The van der Waals surface area contributed by atoms with Gasteiger partial charge in [-0.1, -0.05) is 66.2 Å². The Bertz CT molecular complexity index is 1430. The number of carbonyl (C=O) groups is 1. The highest BCUT2D eigenvalue weighted by Crippen LogP contribution is 2.26. The lowest BCUT2D eigenvalue weighted by Gasteiger charge is -2.16. The van der Waals surface area contributed by atoms with Crippen LogP contribution < -0.4 is 5.32 Å². The van der Waals surface area contributed by atoms with Crippen molar-refractivity contribution in [1.82, 2.24) is 25.5 Å². The Morgan fingerprint density at radius 1 is 0.879 bits per heavy atom.